The van der Waals surface area contributed by atoms with Crippen molar-refractivity contribution < 1.29 is 26.3 Å². The second-order valence-corrected chi connectivity index (χ2v) is 8.58. The van der Waals surface area contributed by atoms with E-state index in [0.29, 0.717) is 22.4 Å². The Kier molecular flexibility index (Phi) is 5.77. The van der Waals surface area contributed by atoms with Gasteiger partial charge in [0, 0.05) is 0 Å². The fourth-order valence-corrected chi connectivity index (χ4v) is 4.38. The molecular formula is C20H12F3NO3S2. The maximum atomic E-state index is 12.9. The van der Waals surface area contributed by atoms with Crippen molar-refractivity contribution in [1.82, 2.24) is 0 Å². The van der Waals surface area contributed by atoms with Crippen molar-refractivity contribution in [3.05, 3.63) is 81.4 Å². The first-order valence-corrected chi connectivity index (χ1v) is 10.4. The predicted octanol–water partition coefficient (Wildman–Crippen LogP) is 5.90. The number of nitriles is 1. The second-order valence-electron chi connectivity index (χ2n) is 5.71. The highest BCUT2D eigenvalue weighted by Crippen LogP contribution is 2.35. The fraction of sp³-hybridized carbons (Fsp3) is 0.0500. The third-order valence-electron chi connectivity index (χ3n) is 3.76. The van der Waals surface area contributed by atoms with E-state index in [-0.39, 0.29) is 0 Å². The van der Waals surface area contributed by atoms with Crippen LogP contribution in [0, 0.1) is 11.3 Å². The number of hydrogen-bond donors (Lipinski definition) is 0. The van der Waals surface area contributed by atoms with Crippen LogP contribution in [0.5, 0.6) is 11.5 Å². The summed E-state index contributed by atoms with van der Waals surface area (Å²) in [5, 5.41) is 11.0. The molecule has 3 aromatic rings. The average Bonchev–Trinajstić information content (AvgIpc) is 3.13. The zero-order valence-electron chi connectivity index (χ0n) is 14.6. The quantitative estimate of drug-likeness (QED) is 0.468. The van der Waals surface area contributed by atoms with E-state index in [0.717, 1.165) is 35.6 Å². The lowest BCUT2D eigenvalue weighted by molar-refractivity contribution is -0.137. The van der Waals surface area contributed by atoms with Crippen molar-refractivity contribution in [2.24, 2.45) is 0 Å². The Balaban J connectivity index is 1.99. The summed E-state index contributed by atoms with van der Waals surface area (Å²) >= 11 is 1.13. The van der Waals surface area contributed by atoms with Gasteiger partial charge in [-0.15, -0.1) is 11.3 Å². The van der Waals surface area contributed by atoms with Crippen LogP contribution >= 0.6 is 11.3 Å². The van der Waals surface area contributed by atoms with Crippen LogP contribution in [0.1, 0.15) is 10.4 Å². The van der Waals surface area contributed by atoms with Gasteiger partial charge in [0.25, 0.3) is 0 Å². The molecule has 1 heterocycles. The number of ether oxygens (including phenoxy) is 1. The number of halogens is 3. The van der Waals surface area contributed by atoms with E-state index in [9.17, 15) is 26.9 Å². The van der Waals surface area contributed by atoms with Gasteiger partial charge in [-0.1, -0.05) is 24.3 Å². The van der Waals surface area contributed by atoms with Crippen molar-refractivity contribution in [3.63, 3.8) is 0 Å². The number of sulfone groups is 1. The Labute approximate surface area is 169 Å². The van der Waals surface area contributed by atoms with Gasteiger partial charge in [-0.3, -0.25) is 0 Å². The molecule has 0 saturated heterocycles. The summed E-state index contributed by atoms with van der Waals surface area (Å²) < 4.78 is 69.9. The molecule has 0 atom stereocenters. The minimum atomic E-state index is -4.70. The summed E-state index contributed by atoms with van der Waals surface area (Å²) in [7, 11) is -4.45. The third kappa shape index (κ3) is 4.67. The van der Waals surface area contributed by atoms with Gasteiger partial charge < -0.3 is 4.74 Å². The first-order valence-electron chi connectivity index (χ1n) is 8.06. The van der Waals surface area contributed by atoms with Gasteiger partial charge in [0.15, 0.2) is 4.91 Å². The van der Waals surface area contributed by atoms with Gasteiger partial charge >= 0.3 is 6.18 Å². The van der Waals surface area contributed by atoms with Gasteiger partial charge in [0.05, 0.1) is 15.3 Å². The fourth-order valence-electron chi connectivity index (χ4n) is 2.37. The highest BCUT2D eigenvalue weighted by molar-refractivity contribution is 7.95. The first-order chi connectivity index (χ1) is 13.7. The second kappa shape index (κ2) is 8.11. The van der Waals surface area contributed by atoms with Gasteiger partial charge in [0.1, 0.15) is 17.6 Å². The van der Waals surface area contributed by atoms with Crippen LogP contribution in [0.3, 0.4) is 0 Å². The number of para-hydroxylation sites is 1. The number of hydrogen-bond acceptors (Lipinski definition) is 5. The van der Waals surface area contributed by atoms with E-state index < -0.39 is 31.4 Å². The van der Waals surface area contributed by atoms with Crippen molar-refractivity contribution >= 4 is 27.3 Å². The summed E-state index contributed by atoms with van der Waals surface area (Å²) in [5.41, 5.74) is -1.11. The molecule has 0 radical (unpaired) electrons. The number of rotatable bonds is 5. The van der Waals surface area contributed by atoms with Crippen LogP contribution in [0.2, 0.25) is 0 Å². The monoisotopic (exact) mass is 435 g/mol. The first kappa shape index (κ1) is 20.6. The molecule has 9 heteroatoms. The van der Waals surface area contributed by atoms with E-state index in [1.807, 2.05) is 0 Å². The van der Waals surface area contributed by atoms with Crippen LogP contribution in [-0.4, -0.2) is 8.42 Å². The summed E-state index contributed by atoms with van der Waals surface area (Å²) in [5.74, 6) is 0.841. The molecule has 0 aliphatic rings. The van der Waals surface area contributed by atoms with Crippen LogP contribution in [0.15, 0.2) is 75.8 Å². The predicted molar refractivity (Wildman–Crippen MR) is 103 cm³/mol. The zero-order valence-corrected chi connectivity index (χ0v) is 16.2. The lowest BCUT2D eigenvalue weighted by Gasteiger charge is -2.09. The molecule has 0 spiro atoms. The topological polar surface area (TPSA) is 67.2 Å². The smallest absolute Gasteiger partial charge is 0.416 e. The van der Waals surface area contributed by atoms with Gasteiger partial charge in [-0.25, -0.2) is 8.42 Å². The molecule has 0 fully saturated rings. The van der Waals surface area contributed by atoms with E-state index in [4.69, 9.17) is 4.74 Å². The Morgan fingerprint density at radius 3 is 2.45 bits per heavy atom. The van der Waals surface area contributed by atoms with Crippen molar-refractivity contribution in [2.75, 3.05) is 0 Å². The summed E-state index contributed by atoms with van der Waals surface area (Å²) in [4.78, 5) is -0.944. The molecule has 148 valence electrons. The number of nitrogens with zero attached hydrogens (tertiary/aromatic N) is 1. The number of benzene rings is 2. The molecule has 0 N–H and O–H groups in total. The summed E-state index contributed by atoms with van der Waals surface area (Å²) in [6.07, 6.45) is -3.61. The molecule has 0 aliphatic carbocycles. The summed E-state index contributed by atoms with van der Waals surface area (Å²) in [6, 6.07) is 15.2. The highest BCUT2D eigenvalue weighted by Gasteiger charge is 2.32. The SMILES string of the molecule is N#C/C(=C\c1sccc1Oc1ccccc1)S(=O)(=O)c1cccc(C(F)(F)F)c1. The lowest BCUT2D eigenvalue weighted by Crippen LogP contribution is -2.08. The van der Waals surface area contributed by atoms with Crippen molar-refractivity contribution in [2.45, 2.75) is 11.1 Å². The standard InChI is InChI=1S/C20H12F3NO3S2/c21-20(22,23)14-5-4-8-16(11-14)29(25,26)17(13-24)12-19-18(9-10-28-19)27-15-6-2-1-3-7-15/h1-12H/b17-12+. The van der Waals surface area contributed by atoms with Crippen LogP contribution in [-0.2, 0) is 16.0 Å². The third-order valence-corrected chi connectivity index (χ3v) is 6.27. The maximum Gasteiger partial charge on any atom is 0.416 e. The average molecular weight is 435 g/mol. The number of thiophene rings is 1. The van der Waals surface area contributed by atoms with Crippen molar-refractivity contribution in [3.8, 4) is 17.6 Å². The Morgan fingerprint density at radius 1 is 1.07 bits per heavy atom. The van der Waals surface area contributed by atoms with Crippen molar-refractivity contribution in [1.29, 1.82) is 5.26 Å². The summed E-state index contributed by atoms with van der Waals surface area (Å²) in [6.45, 7) is 0. The number of allylic oxidation sites excluding steroid dienone is 1. The van der Waals surface area contributed by atoms with E-state index >= 15 is 0 Å². The van der Waals surface area contributed by atoms with Gasteiger partial charge in [-0.05, 0) is 47.9 Å². The maximum absolute atomic E-state index is 12.9. The van der Waals surface area contributed by atoms with Crippen LogP contribution < -0.4 is 4.74 Å². The Morgan fingerprint density at radius 2 is 1.79 bits per heavy atom. The van der Waals surface area contributed by atoms with E-state index in [2.05, 4.69) is 0 Å². The normalized spacial score (nSPS) is 12.4. The zero-order chi connectivity index (χ0) is 21.1. The molecule has 3 rings (SSSR count). The largest absolute Gasteiger partial charge is 0.456 e. The molecule has 4 nitrogen and oxygen atoms in total. The molecule has 0 amide bonds. The molecule has 0 aliphatic heterocycles. The number of alkyl halides is 3. The Bertz CT molecular complexity index is 1190. The molecule has 1 aromatic heterocycles. The molecule has 29 heavy (non-hydrogen) atoms. The van der Waals surface area contributed by atoms with Gasteiger partial charge in [-0.2, -0.15) is 18.4 Å². The molecular weight excluding hydrogens is 423 g/mol. The molecule has 2 aromatic carbocycles. The van der Waals surface area contributed by atoms with Crippen LogP contribution in [0.4, 0.5) is 13.2 Å². The van der Waals surface area contributed by atoms with Gasteiger partial charge in [0.2, 0.25) is 9.84 Å². The molecule has 0 unspecified atom stereocenters. The highest BCUT2D eigenvalue weighted by atomic mass is 32.2. The lowest BCUT2D eigenvalue weighted by atomic mass is 10.2. The van der Waals surface area contributed by atoms with E-state index in [1.54, 1.807) is 47.8 Å². The minimum absolute atomic E-state index is 0.327. The minimum Gasteiger partial charge on any atom is -0.456 e. The van der Waals surface area contributed by atoms with Crippen LogP contribution in [0.25, 0.3) is 6.08 Å². The van der Waals surface area contributed by atoms with E-state index in [1.165, 1.54) is 0 Å². The Hall–Kier alpha value is -3.09. The molecule has 0 saturated carbocycles. The molecule has 0 bridgehead atoms.